The second kappa shape index (κ2) is 7.16. The highest BCUT2D eigenvalue weighted by Gasteiger charge is 2.63. The molecule has 2 aromatic rings. The molecule has 0 unspecified atom stereocenters. The molecular weight excluding hydrogens is 384 g/mol. The zero-order valence-corrected chi connectivity index (χ0v) is 16.5. The number of hydrogen-bond acceptors (Lipinski definition) is 5. The Morgan fingerprint density at radius 3 is 2.60 bits per heavy atom. The fourth-order valence-corrected chi connectivity index (χ4v) is 5.20. The van der Waals surface area contributed by atoms with E-state index in [0.717, 1.165) is 12.8 Å². The van der Waals surface area contributed by atoms with E-state index >= 15 is 0 Å². The monoisotopic (exact) mass is 406 g/mol. The molecule has 3 fully saturated rings. The number of rotatable bonds is 5. The SMILES string of the molecule is COc1ccc(NC(=O)c2cccc(NC(=O)[C@H]3[C@@H]4C[C@H]5[C@@H]3C(=O)O[C@@H]5C4)c2)cc1. The lowest BCUT2D eigenvalue weighted by Crippen LogP contribution is -2.35. The highest BCUT2D eigenvalue weighted by molar-refractivity contribution is 6.05. The minimum Gasteiger partial charge on any atom is -0.497 e. The first-order chi connectivity index (χ1) is 14.5. The van der Waals surface area contributed by atoms with Crippen molar-refractivity contribution in [2.24, 2.45) is 23.7 Å². The summed E-state index contributed by atoms with van der Waals surface area (Å²) in [7, 11) is 1.58. The number of methoxy groups -OCH3 is 1. The number of anilines is 2. The van der Waals surface area contributed by atoms with Crippen LogP contribution in [-0.4, -0.2) is 31.0 Å². The van der Waals surface area contributed by atoms with Gasteiger partial charge in [-0.1, -0.05) is 6.07 Å². The molecule has 3 aliphatic rings. The fourth-order valence-electron chi connectivity index (χ4n) is 5.20. The molecule has 2 bridgehead atoms. The number of hydrogen-bond donors (Lipinski definition) is 2. The van der Waals surface area contributed by atoms with E-state index < -0.39 is 0 Å². The first kappa shape index (κ1) is 18.7. The van der Waals surface area contributed by atoms with Gasteiger partial charge in [0.2, 0.25) is 5.91 Å². The Morgan fingerprint density at radius 2 is 1.83 bits per heavy atom. The van der Waals surface area contributed by atoms with Crippen molar-refractivity contribution >= 4 is 29.2 Å². The quantitative estimate of drug-likeness (QED) is 0.745. The molecule has 5 atom stereocenters. The minimum atomic E-state index is -0.349. The molecule has 0 radical (unpaired) electrons. The summed E-state index contributed by atoms with van der Waals surface area (Å²) < 4.78 is 10.5. The summed E-state index contributed by atoms with van der Waals surface area (Å²) in [6.45, 7) is 0. The van der Waals surface area contributed by atoms with Crippen molar-refractivity contribution in [3.63, 3.8) is 0 Å². The molecule has 0 spiro atoms. The molecule has 2 aliphatic carbocycles. The van der Waals surface area contributed by atoms with Crippen molar-refractivity contribution in [3.8, 4) is 5.75 Å². The molecule has 2 saturated carbocycles. The number of nitrogens with one attached hydrogen (secondary N) is 2. The van der Waals surface area contributed by atoms with Crippen LogP contribution in [0.4, 0.5) is 11.4 Å². The third-order valence-electron chi connectivity index (χ3n) is 6.53. The van der Waals surface area contributed by atoms with E-state index in [1.165, 1.54) is 0 Å². The first-order valence-electron chi connectivity index (χ1n) is 10.1. The van der Waals surface area contributed by atoms with E-state index in [0.29, 0.717) is 22.7 Å². The maximum atomic E-state index is 12.9. The molecule has 154 valence electrons. The van der Waals surface area contributed by atoms with Crippen molar-refractivity contribution < 1.29 is 23.9 Å². The van der Waals surface area contributed by atoms with Gasteiger partial charge in [-0.2, -0.15) is 0 Å². The molecule has 2 N–H and O–H groups in total. The van der Waals surface area contributed by atoms with E-state index in [-0.39, 0.29) is 47.6 Å². The van der Waals surface area contributed by atoms with Crippen LogP contribution in [0.25, 0.3) is 0 Å². The van der Waals surface area contributed by atoms with E-state index in [1.54, 1.807) is 55.6 Å². The molecule has 1 aliphatic heterocycles. The second-order valence-electron chi connectivity index (χ2n) is 8.17. The molecule has 5 rings (SSSR count). The average Bonchev–Trinajstić information content (AvgIpc) is 3.37. The van der Waals surface area contributed by atoms with Crippen LogP contribution >= 0.6 is 0 Å². The largest absolute Gasteiger partial charge is 0.497 e. The summed E-state index contributed by atoms with van der Waals surface area (Å²) >= 11 is 0. The molecule has 2 aromatic carbocycles. The summed E-state index contributed by atoms with van der Waals surface area (Å²) in [5.41, 5.74) is 1.61. The number of benzene rings is 2. The van der Waals surface area contributed by atoms with Gasteiger partial charge in [0.25, 0.3) is 5.91 Å². The van der Waals surface area contributed by atoms with Crippen molar-refractivity contribution in [3.05, 3.63) is 54.1 Å². The Labute approximate surface area is 173 Å². The number of amides is 2. The predicted octanol–water partition coefficient (Wildman–Crippen LogP) is 3.08. The van der Waals surface area contributed by atoms with Crippen LogP contribution in [0.2, 0.25) is 0 Å². The first-order valence-corrected chi connectivity index (χ1v) is 10.1. The normalized spacial score (nSPS) is 28.2. The number of carbonyl (C=O) groups excluding carboxylic acids is 3. The van der Waals surface area contributed by atoms with Crippen LogP contribution in [0.3, 0.4) is 0 Å². The van der Waals surface area contributed by atoms with E-state index in [1.807, 2.05) is 0 Å². The van der Waals surface area contributed by atoms with Gasteiger partial charge in [-0.3, -0.25) is 14.4 Å². The standard InChI is InChI=1S/C23H22N2O5/c1-29-16-7-5-14(6-8-16)24-21(26)12-3-2-4-15(9-12)25-22(27)19-13-10-17-18(11-13)30-23(28)20(17)19/h2-9,13,17-20H,10-11H2,1H3,(H,24,26)(H,25,27)/t13-,17-,18-,19+,20+/m1/s1. The minimum absolute atomic E-state index is 0.00142. The molecule has 1 saturated heterocycles. The van der Waals surface area contributed by atoms with Gasteiger partial charge < -0.3 is 20.1 Å². The zero-order valence-electron chi connectivity index (χ0n) is 16.5. The summed E-state index contributed by atoms with van der Waals surface area (Å²) in [6.07, 6.45) is 1.65. The van der Waals surface area contributed by atoms with E-state index in [4.69, 9.17) is 9.47 Å². The van der Waals surface area contributed by atoms with Crippen LogP contribution < -0.4 is 15.4 Å². The smallest absolute Gasteiger partial charge is 0.310 e. The maximum Gasteiger partial charge on any atom is 0.310 e. The van der Waals surface area contributed by atoms with Gasteiger partial charge in [0.15, 0.2) is 0 Å². The molecule has 0 aromatic heterocycles. The summed E-state index contributed by atoms with van der Waals surface area (Å²) in [4.78, 5) is 37.7. The Balaban J connectivity index is 1.27. The number of esters is 1. The number of ether oxygens (including phenoxy) is 2. The van der Waals surface area contributed by atoms with Crippen molar-refractivity contribution in [1.29, 1.82) is 0 Å². The topological polar surface area (TPSA) is 93.7 Å². The third-order valence-corrected chi connectivity index (χ3v) is 6.53. The Hall–Kier alpha value is -3.35. The Morgan fingerprint density at radius 1 is 1.03 bits per heavy atom. The van der Waals surface area contributed by atoms with E-state index in [9.17, 15) is 14.4 Å². The van der Waals surface area contributed by atoms with Gasteiger partial charge >= 0.3 is 5.97 Å². The lowest BCUT2D eigenvalue weighted by molar-refractivity contribution is -0.145. The Bertz CT molecular complexity index is 1020. The molecule has 30 heavy (non-hydrogen) atoms. The van der Waals surface area contributed by atoms with Gasteiger partial charge in [-0.15, -0.1) is 0 Å². The zero-order chi connectivity index (χ0) is 20.8. The van der Waals surface area contributed by atoms with Crippen LogP contribution in [0, 0.1) is 23.7 Å². The van der Waals surface area contributed by atoms with Crippen molar-refractivity contribution in [2.75, 3.05) is 17.7 Å². The third kappa shape index (κ3) is 3.10. The maximum absolute atomic E-state index is 12.9. The number of carbonyl (C=O) groups is 3. The van der Waals surface area contributed by atoms with Gasteiger partial charge in [0.1, 0.15) is 11.9 Å². The van der Waals surface area contributed by atoms with Gasteiger partial charge in [-0.05, 0) is 61.2 Å². The molecular formula is C23H22N2O5. The summed E-state index contributed by atoms with van der Waals surface area (Å²) in [5.74, 6) is -0.282. The molecule has 1 heterocycles. The lowest BCUT2D eigenvalue weighted by atomic mass is 9.79. The van der Waals surface area contributed by atoms with Crippen LogP contribution in [-0.2, 0) is 14.3 Å². The fraction of sp³-hybridized carbons (Fsp3) is 0.348. The van der Waals surface area contributed by atoms with Crippen molar-refractivity contribution in [1.82, 2.24) is 0 Å². The lowest BCUT2D eigenvalue weighted by Gasteiger charge is -2.23. The number of fused-ring (bicyclic) bond motifs is 1. The summed E-state index contributed by atoms with van der Waals surface area (Å²) in [5, 5.41) is 5.73. The van der Waals surface area contributed by atoms with Gasteiger partial charge in [0.05, 0.1) is 18.9 Å². The van der Waals surface area contributed by atoms with E-state index in [2.05, 4.69) is 10.6 Å². The molecule has 7 nitrogen and oxygen atoms in total. The van der Waals surface area contributed by atoms with Crippen LogP contribution in [0.1, 0.15) is 23.2 Å². The highest BCUT2D eigenvalue weighted by atomic mass is 16.6. The molecule has 7 heteroatoms. The van der Waals surface area contributed by atoms with Gasteiger partial charge in [-0.25, -0.2) is 0 Å². The predicted molar refractivity (Wildman–Crippen MR) is 109 cm³/mol. The Kier molecular flexibility index (Phi) is 4.46. The van der Waals surface area contributed by atoms with Crippen LogP contribution in [0.15, 0.2) is 48.5 Å². The highest BCUT2D eigenvalue weighted by Crippen LogP contribution is 2.57. The average molecular weight is 406 g/mol. The van der Waals surface area contributed by atoms with Gasteiger partial charge in [0, 0.05) is 22.9 Å². The summed E-state index contributed by atoms with van der Waals surface area (Å²) in [6, 6.07) is 13.8. The molecule has 2 amide bonds. The van der Waals surface area contributed by atoms with Crippen LogP contribution in [0.5, 0.6) is 5.75 Å². The van der Waals surface area contributed by atoms with Crippen molar-refractivity contribution in [2.45, 2.75) is 18.9 Å². The second-order valence-corrected chi connectivity index (χ2v) is 8.17.